The number of piperazine rings is 1. The molecule has 1 aromatic carbocycles. The number of anilines is 1. The molecule has 0 amide bonds. The molecule has 102 valence electrons. The Bertz CT molecular complexity index is 481. The maximum Gasteiger partial charge on any atom is 0.143 e. The fourth-order valence-electron chi connectivity index (χ4n) is 2.66. The van der Waals surface area contributed by atoms with Gasteiger partial charge >= 0.3 is 0 Å². The van der Waals surface area contributed by atoms with Gasteiger partial charge in [0.25, 0.3) is 0 Å². The predicted octanol–water partition coefficient (Wildman–Crippen LogP) is 2.66. The fraction of sp³-hybridized carbons (Fsp3) is 0.533. The first-order chi connectivity index (χ1) is 9.21. The van der Waals surface area contributed by atoms with Crippen LogP contribution in [0.5, 0.6) is 0 Å². The number of nitrogens with zero attached hydrogens (tertiary/aromatic N) is 2. The molecular weight excluding hydrogens is 241 g/mol. The standard InChI is InChI=1S/C15H20FN3/c1-3-11-10-19(12(4-2)9-18-11)15-7-5-6-14(16)13(15)8-17/h5-7,11-12,18H,3-4,9-10H2,1-2H3. The van der Waals surface area contributed by atoms with Gasteiger partial charge in [-0.05, 0) is 25.0 Å². The van der Waals surface area contributed by atoms with Gasteiger partial charge in [-0.15, -0.1) is 0 Å². The van der Waals surface area contributed by atoms with E-state index in [1.54, 1.807) is 6.07 Å². The van der Waals surface area contributed by atoms with E-state index in [2.05, 4.69) is 24.1 Å². The van der Waals surface area contributed by atoms with E-state index < -0.39 is 5.82 Å². The van der Waals surface area contributed by atoms with Crippen molar-refractivity contribution in [3.63, 3.8) is 0 Å². The van der Waals surface area contributed by atoms with Gasteiger partial charge in [-0.25, -0.2) is 4.39 Å². The minimum Gasteiger partial charge on any atom is -0.365 e. The van der Waals surface area contributed by atoms with Crippen molar-refractivity contribution in [1.82, 2.24) is 5.32 Å². The van der Waals surface area contributed by atoms with Crippen molar-refractivity contribution < 1.29 is 4.39 Å². The molecule has 1 fully saturated rings. The number of nitriles is 1. The van der Waals surface area contributed by atoms with Gasteiger partial charge in [-0.2, -0.15) is 5.26 Å². The van der Waals surface area contributed by atoms with E-state index in [4.69, 9.17) is 0 Å². The fourth-order valence-corrected chi connectivity index (χ4v) is 2.66. The molecule has 1 saturated heterocycles. The first-order valence-corrected chi connectivity index (χ1v) is 6.89. The van der Waals surface area contributed by atoms with Crippen LogP contribution in [-0.2, 0) is 0 Å². The number of benzene rings is 1. The molecule has 1 heterocycles. The monoisotopic (exact) mass is 261 g/mol. The number of rotatable bonds is 3. The zero-order valence-electron chi connectivity index (χ0n) is 11.5. The molecule has 2 unspecified atom stereocenters. The lowest BCUT2D eigenvalue weighted by atomic mass is 10.0. The lowest BCUT2D eigenvalue weighted by molar-refractivity contribution is 0.378. The van der Waals surface area contributed by atoms with Gasteiger partial charge in [-0.3, -0.25) is 0 Å². The maximum atomic E-state index is 13.8. The predicted molar refractivity (Wildman–Crippen MR) is 74.6 cm³/mol. The Morgan fingerprint density at radius 1 is 1.42 bits per heavy atom. The summed E-state index contributed by atoms with van der Waals surface area (Å²) in [4.78, 5) is 2.19. The highest BCUT2D eigenvalue weighted by Gasteiger charge is 2.28. The summed E-state index contributed by atoms with van der Waals surface area (Å²) in [6.07, 6.45) is 2.01. The van der Waals surface area contributed by atoms with Crippen molar-refractivity contribution in [3.05, 3.63) is 29.6 Å². The van der Waals surface area contributed by atoms with Crippen LogP contribution in [0.25, 0.3) is 0 Å². The van der Waals surface area contributed by atoms with Crippen molar-refractivity contribution >= 4 is 5.69 Å². The summed E-state index contributed by atoms with van der Waals surface area (Å²) in [5, 5.41) is 12.7. The van der Waals surface area contributed by atoms with E-state index in [9.17, 15) is 9.65 Å². The van der Waals surface area contributed by atoms with Crippen LogP contribution in [0.2, 0.25) is 0 Å². The van der Waals surface area contributed by atoms with Gasteiger partial charge in [0, 0.05) is 25.2 Å². The Labute approximate surface area is 114 Å². The van der Waals surface area contributed by atoms with Crippen molar-refractivity contribution in [1.29, 1.82) is 5.26 Å². The van der Waals surface area contributed by atoms with Gasteiger partial charge in [0.1, 0.15) is 17.4 Å². The SMILES string of the molecule is CCC1CN(c2cccc(F)c2C#N)C(CC)CN1. The molecular formula is C15H20FN3. The molecule has 2 rings (SSSR count). The van der Waals surface area contributed by atoms with Crippen LogP contribution >= 0.6 is 0 Å². The Balaban J connectivity index is 2.37. The van der Waals surface area contributed by atoms with Crippen molar-refractivity contribution in [2.75, 3.05) is 18.0 Å². The van der Waals surface area contributed by atoms with Crippen LogP contribution in [0.3, 0.4) is 0 Å². The second-order valence-corrected chi connectivity index (χ2v) is 4.97. The molecule has 1 N–H and O–H groups in total. The Morgan fingerprint density at radius 3 is 2.84 bits per heavy atom. The zero-order chi connectivity index (χ0) is 13.8. The summed E-state index contributed by atoms with van der Waals surface area (Å²) in [6.45, 7) is 5.97. The van der Waals surface area contributed by atoms with Crippen LogP contribution in [0.15, 0.2) is 18.2 Å². The highest BCUT2D eigenvalue weighted by atomic mass is 19.1. The highest BCUT2D eigenvalue weighted by Crippen LogP contribution is 2.27. The average molecular weight is 261 g/mol. The topological polar surface area (TPSA) is 39.1 Å². The molecule has 0 spiro atoms. The summed E-state index contributed by atoms with van der Waals surface area (Å²) in [7, 11) is 0. The number of hydrogen-bond acceptors (Lipinski definition) is 3. The van der Waals surface area contributed by atoms with E-state index >= 15 is 0 Å². The second kappa shape index (κ2) is 6.03. The van der Waals surface area contributed by atoms with E-state index in [1.807, 2.05) is 12.1 Å². The third-order valence-electron chi connectivity index (χ3n) is 3.88. The molecule has 0 bridgehead atoms. The number of hydrogen-bond donors (Lipinski definition) is 1. The van der Waals surface area contributed by atoms with Crippen LogP contribution in [0.1, 0.15) is 32.3 Å². The lowest BCUT2D eigenvalue weighted by Crippen LogP contribution is -2.56. The average Bonchev–Trinajstić information content (AvgIpc) is 2.46. The highest BCUT2D eigenvalue weighted by molar-refractivity contribution is 5.61. The van der Waals surface area contributed by atoms with Gasteiger partial charge in [0.05, 0.1) is 5.69 Å². The van der Waals surface area contributed by atoms with Gasteiger partial charge in [-0.1, -0.05) is 19.9 Å². The molecule has 0 aliphatic carbocycles. The summed E-state index contributed by atoms with van der Waals surface area (Å²) in [5.74, 6) is -0.429. The Hall–Kier alpha value is -1.60. The van der Waals surface area contributed by atoms with Crippen molar-refractivity contribution in [2.24, 2.45) is 0 Å². The molecule has 1 aliphatic rings. The molecule has 0 aromatic heterocycles. The first-order valence-electron chi connectivity index (χ1n) is 6.89. The summed E-state index contributed by atoms with van der Waals surface area (Å²) in [5.41, 5.74) is 0.895. The van der Waals surface area contributed by atoms with E-state index in [1.165, 1.54) is 6.07 Å². The van der Waals surface area contributed by atoms with Crippen molar-refractivity contribution in [2.45, 2.75) is 38.8 Å². The van der Waals surface area contributed by atoms with Crippen molar-refractivity contribution in [3.8, 4) is 6.07 Å². The van der Waals surface area contributed by atoms with Gasteiger partial charge in [0.2, 0.25) is 0 Å². The molecule has 4 heteroatoms. The molecule has 3 nitrogen and oxygen atoms in total. The normalized spacial score (nSPS) is 23.2. The van der Waals surface area contributed by atoms with E-state index in [0.29, 0.717) is 12.1 Å². The third-order valence-corrected chi connectivity index (χ3v) is 3.88. The zero-order valence-corrected chi connectivity index (χ0v) is 11.5. The molecule has 0 saturated carbocycles. The summed E-state index contributed by atoms with van der Waals surface area (Å²) < 4.78 is 13.8. The van der Waals surface area contributed by atoms with Gasteiger partial charge in [0.15, 0.2) is 0 Å². The minimum absolute atomic E-state index is 0.165. The molecule has 2 atom stereocenters. The maximum absolute atomic E-state index is 13.8. The quantitative estimate of drug-likeness (QED) is 0.909. The van der Waals surface area contributed by atoms with Gasteiger partial charge < -0.3 is 10.2 Å². The third kappa shape index (κ3) is 2.71. The largest absolute Gasteiger partial charge is 0.365 e. The molecule has 1 aliphatic heterocycles. The summed E-state index contributed by atoms with van der Waals surface area (Å²) in [6, 6.07) is 7.60. The van der Waals surface area contributed by atoms with Crippen LogP contribution < -0.4 is 10.2 Å². The van der Waals surface area contributed by atoms with E-state index in [-0.39, 0.29) is 5.56 Å². The second-order valence-electron chi connectivity index (χ2n) is 4.97. The Morgan fingerprint density at radius 2 is 2.21 bits per heavy atom. The first kappa shape index (κ1) is 13.8. The molecule has 19 heavy (non-hydrogen) atoms. The number of nitrogens with one attached hydrogen (secondary N) is 1. The van der Waals surface area contributed by atoms with Crippen LogP contribution in [0.4, 0.5) is 10.1 Å². The summed E-state index contributed by atoms with van der Waals surface area (Å²) >= 11 is 0. The smallest absolute Gasteiger partial charge is 0.143 e. The number of halogens is 1. The molecule has 1 aromatic rings. The lowest BCUT2D eigenvalue weighted by Gasteiger charge is -2.42. The van der Waals surface area contributed by atoms with Crippen LogP contribution in [-0.4, -0.2) is 25.2 Å². The van der Waals surface area contributed by atoms with Crippen LogP contribution in [0, 0.1) is 17.1 Å². The Kier molecular flexibility index (Phi) is 4.39. The minimum atomic E-state index is -0.429. The molecule has 0 radical (unpaired) electrons. The van der Waals surface area contributed by atoms with E-state index in [0.717, 1.165) is 31.6 Å².